The molecule has 2 aromatic carbocycles. The third-order valence-electron chi connectivity index (χ3n) is 4.22. The number of nitrogens with one attached hydrogen (secondary N) is 1. The molecule has 0 aliphatic carbocycles. The average molecular weight is 310 g/mol. The Labute approximate surface area is 134 Å². The predicted molar refractivity (Wildman–Crippen MR) is 88.3 cm³/mol. The Hall–Kier alpha value is -2.46. The van der Waals surface area contributed by atoms with Crippen molar-refractivity contribution in [2.45, 2.75) is 19.4 Å². The van der Waals surface area contributed by atoms with E-state index in [0.717, 1.165) is 16.7 Å². The van der Waals surface area contributed by atoms with E-state index in [9.17, 15) is 9.50 Å². The van der Waals surface area contributed by atoms with Gasteiger partial charge in [0, 0.05) is 0 Å². The van der Waals surface area contributed by atoms with Crippen molar-refractivity contribution in [2.75, 3.05) is 0 Å². The van der Waals surface area contributed by atoms with Crippen molar-refractivity contribution in [1.29, 1.82) is 0 Å². The monoisotopic (exact) mass is 310 g/mol. The van der Waals surface area contributed by atoms with Gasteiger partial charge in [-0.1, -0.05) is 44.2 Å². The van der Waals surface area contributed by atoms with Crippen LogP contribution < -0.4 is 0 Å². The van der Waals surface area contributed by atoms with Crippen LogP contribution in [0.3, 0.4) is 0 Å². The highest BCUT2D eigenvalue weighted by Crippen LogP contribution is 2.37. The van der Waals surface area contributed by atoms with Crippen molar-refractivity contribution in [1.82, 2.24) is 9.97 Å². The molecule has 0 saturated heterocycles. The minimum absolute atomic E-state index is 0.0496. The largest absolute Gasteiger partial charge is 0.379 e. The SMILES string of the molecule is CC(C)C(O)(c1cccc(-c2ccc(F)cc2)c1)c1cnc[nH]1. The molecule has 0 spiro atoms. The van der Waals surface area contributed by atoms with Crippen molar-refractivity contribution in [3.63, 3.8) is 0 Å². The quantitative estimate of drug-likeness (QED) is 0.762. The van der Waals surface area contributed by atoms with Crippen LogP contribution >= 0.6 is 0 Å². The number of rotatable bonds is 4. The fourth-order valence-corrected chi connectivity index (χ4v) is 2.84. The minimum Gasteiger partial charge on any atom is -0.379 e. The van der Waals surface area contributed by atoms with E-state index < -0.39 is 5.60 Å². The topological polar surface area (TPSA) is 48.9 Å². The fourth-order valence-electron chi connectivity index (χ4n) is 2.84. The molecule has 118 valence electrons. The third-order valence-corrected chi connectivity index (χ3v) is 4.22. The van der Waals surface area contributed by atoms with Gasteiger partial charge in [-0.25, -0.2) is 9.37 Å². The second kappa shape index (κ2) is 5.97. The van der Waals surface area contributed by atoms with Gasteiger partial charge in [-0.2, -0.15) is 0 Å². The second-order valence-electron chi connectivity index (χ2n) is 5.97. The second-order valence-corrected chi connectivity index (χ2v) is 5.97. The maximum atomic E-state index is 13.1. The van der Waals surface area contributed by atoms with Crippen molar-refractivity contribution < 1.29 is 9.50 Å². The van der Waals surface area contributed by atoms with Gasteiger partial charge in [0.25, 0.3) is 0 Å². The lowest BCUT2D eigenvalue weighted by molar-refractivity contribution is 0.0280. The van der Waals surface area contributed by atoms with Gasteiger partial charge in [0.1, 0.15) is 11.4 Å². The summed E-state index contributed by atoms with van der Waals surface area (Å²) in [6, 6.07) is 14.0. The lowest BCUT2D eigenvalue weighted by Gasteiger charge is -2.32. The standard InChI is InChI=1S/C19H19FN2O/c1-13(2)19(23,18-11-21-12-22-18)16-5-3-4-15(10-16)14-6-8-17(20)9-7-14/h3-13,23H,1-2H3,(H,21,22). The number of aliphatic hydroxyl groups is 1. The Kier molecular flexibility index (Phi) is 4.01. The summed E-state index contributed by atoms with van der Waals surface area (Å²) in [5.41, 5.74) is 2.11. The first kappa shape index (κ1) is 15.4. The molecule has 1 unspecified atom stereocenters. The number of benzene rings is 2. The van der Waals surface area contributed by atoms with Crippen LogP contribution in [0.5, 0.6) is 0 Å². The van der Waals surface area contributed by atoms with Gasteiger partial charge in [0.05, 0.1) is 18.2 Å². The number of aromatic nitrogens is 2. The van der Waals surface area contributed by atoms with Gasteiger partial charge in [0.2, 0.25) is 0 Å². The Morgan fingerprint density at radius 3 is 2.43 bits per heavy atom. The molecule has 1 aromatic heterocycles. The first-order valence-corrected chi connectivity index (χ1v) is 7.59. The van der Waals surface area contributed by atoms with E-state index in [2.05, 4.69) is 9.97 Å². The zero-order chi connectivity index (χ0) is 16.4. The van der Waals surface area contributed by atoms with E-state index in [-0.39, 0.29) is 11.7 Å². The number of halogens is 1. The molecule has 0 aliphatic heterocycles. The average Bonchev–Trinajstić information content (AvgIpc) is 3.09. The molecule has 1 heterocycles. The summed E-state index contributed by atoms with van der Waals surface area (Å²) in [5, 5.41) is 11.3. The molecule has 0 amide bonds. The molecule has 2 N–H and O–H groups in total. The van der Waals surface area contributed by atoms with Crippen LogP contribution in [0, 0.1) is 11.7 Å². The number of hydrogen-bond donors (Lipinski definition) is 2. The Bertz CT molecular complexity index is 781. The maximum Gasteiger partial charge on any atom is 0.133 e. The highest BCUT2D eigenvalue weighted by molar-refractivity contribution is 5.64. The third kappa shape index (κ3) is 2.78. The lowest BCUT2D eigenvalue weighted by Crippen LogP contribution is -2.33. The first-order valence-electron chi connectivity index (χ1n) is 7.59. The molecule has 3 rings (SSSR count). The van der Waals surface area contributed by atoms with Gasteiger partial charge in [-0.05, 0) is 40.8 Å². The predicted octanol–water partition coefficient (Wildman–Crippen LogP) is 4.11. The smallest absolute Gasteiger partial charge is 0.133 e. The Balaban J connectivity index is 2.09. The van der Waals surface area contributed by atoms with Gasteiger partial charge >= 0.3 is 0 Å². The zero-order valence-electron chi connectivity index (χ0n) is 13.1. The van der Waals surface area contributed by atoms with Crippen molar-refractivity contribution >= 4 is 0 Å². The Morgan fingerprint density at radius 2 is 1.83 bits per heavy atom. The summed E-state index contributed by atoms with van der Waals surface area (Å²) in [6.45, 7) is 3.93. The van der Waals surface area contributed by atoms with Crippen molar-refractivity contribution in [2.24, 2.45) is 5.92 Å². The minimum atomic E-state index is -1.16. The van der Waals surface area contributed by atoms with Gasteiger partial charge in [0.15, 0.2) is 0 Å². The van der Waals surface area contributed by atoms with Crippen molar-refractivity contribution in [3.05, 3.63) is 78.1 Å². The van der Waals surface area contributed by atoms with E-state index in [0.29, 0.717) is 5.69 Å². The molecule has 1 atom stereocenters. The van der Waals surface area contributed by atoms with Crippen molar-refractivity contribution in [3.8, 4) is 11.1 Å². The number of nitrogens with zero attached hydrogens (tertiary/aromatic N) is 1. The molecule has 0 radical (unpaired) electrons. The van der Waals surface area contributed by atoms with Crippen LogP contribution in [-0.2, 0) is 5.60 Å². The van der Waals surface area contributed by atoms with Crippen LogP contribution in [-0.4, -0.2) is 15.1 Å². The molecule has 0 fully saturated rings. The number of H-pyrrole nitrogens is 1. The van der Waals surface area contributed by atoms with Crippen LogP contribution in [0.25, 0.3) is 11.1 Å². The molecule has 0 bridgehead atoms. The molecular weight excluding hydrogens is 291 g/mol. The molecule has 3 nitrogen and oxygen atoms in total. The first-order chi connectivity index (χ1) is 11.0. The summed E-state index contributed by atoms with van der Waals surface area (Å²) < 4.78 is 13.1. The zero-order valence-corrected chi connectivity index (χ0v) is 13.1. The molecule has 0 saturated carbocycles. The van der Waals surface area contributed by atoms with Gasteiger partial charge < -0.3 is 10.1 Å². The lowest BCUT2D eigenvalue weighted by atomic mass is 9.80. The number of aromatic amines is 1. The molecule has 0 aliphatic rings. The van der Waals surface area contributed by atoms with Crippen LogP contribution in [0.1, 0.15) is 25.1 Å². The highest BCUT2D eigenvalue weighted by atomic mass is 19.1. The number of imidazole rings is 1. The van der Waals surface area contributed by atoms with Crippen LogP contribution in [0.2, 0.25) is 0 Å². The van der Waals surface area contributed by atoms with Crippen LogP contribution in [0.4, 0.5) is 4.39 Å². The van der Waals surface area contributed by atoms with Gasteiger partial charge in [-0.15, -0.1) is 0 Å². The maximum absolute atomic E-state index is 13.1. The number of hydrogen-bond acceptors (Lipinski definition) is 2. The Morgan fingerprint density at radius 1 is 1.09 bits per heavy atom. The van der Waals surface area contributed by atoms with E-state index in [1.807, 2.05) is 38.1 Å². The van der Waals surface area contributed by atoms with E-state index >= 15 is 0 Å². The van der Waals surface area contributed by atoms with Crippen LogP contribution in [0.15, 0.2) is 61.1 Å². The normalized spacial score (nSPS) is 14.0. The summed E-state index contributed by atoms with van der Waals surface area (Å²) in [5.74, 6) is -0.313. The summed E-state index contributed by atoms with van der Waals surface area (Å²) >= 11 is 0. The molecule has 4 heteroatoms. The molecular formula is C19H19FN2O. The van der Waals surface area contributed by atoms with Gasteiger partial charge in [-0.3, -0.25) is 0 Å². The fraction of sp³-hybridized carbons (Fsp3) is 0.211. The highest BCUT2D eigenvalue weighted by Gasteiger charge is 2.36. The summed E-state index contributed by atoms with van der Waals surface area (Å²) in [6.07, 6.45) is 3.21. The summed E-state index contributed by atoms with van der Waals surface area (Å²) in [7, 11) is 0. The van der Waals surface area contributed by atoms with E-state index in [1.165, 1.54) is 12.1 Å². The summed E-state index contributed by atoms with van der Waals surface area (Å²) in [4.78, 5) is 7.04. The molecule has 3 aromatic rings. The van der Waals surface area contributed by atoms with E-state index in [4.69, 9.17) is 0 Å². The molecule has 23 heavy (non-hydrogen) atoms. The van der Waals surface area contributed by atoms with E-state index in [1.54, 1.807) is 24.7 Å².